The van der Waals surface area contributed by atoms with Crippen LogP contribution < -0.4 is 16.0 Å². The van der Waals surface area contributed by atoms with Crippen molar-refractivity contribution in [3.05, 3.63) is 35.9 Å². The average Bonchev–Trinajstić information content (AvgIpc) is 3.31. The third kappa shape index (κ3) is 7.77. The summed E-state index contributed by atoms with van der Waals surface area (Å²) in [4.78, 5) is 39.7. The normalized spacial score (nSPS) is 27.9. The van der Waals surface area contributed by atoms with Crippen molar-refractivity contribution in [2.75, 3.05) is 0 Å². The average molecular weight is 614 g/mol. The number of ether oxygens (including phenoxy) is 1. The molecule has 1 heterocycles. The highest BCUT2D eigenvalue weighted by Crippen LogP contribution is 2.64. The maximum atomic E-state index is 13.7. The molecule has 11 heteroatoms. The molecule has 0 spiro atoms. The van der Waals surface area contributed by atoms with Crippen molar-refractivity contribution in [1.29, 1.82) is 0 Å². The Morgan fingerprint density at radius 2 is 1.64 bits per heavy atom. The van der Waals surface area contributed by atoms with Crippen molar-refractivity contribution in [3.63, 3.8) is 0 Å². The van der Waals surface area contributed by atoms with E-state index in [1.54, 1.807) is 0 Å². The highest BCUT2D eigenvalue weighted by molar-refractivity contribution is 6.48. The van der Waals surface area contributed by atoms with E-state index in [4.69, 9.17) is 14.0 Å². The van der Waals surface area contributed by atoms with E-state index in [1.165, 1.54) is 6.92 Å². The third-order valence-electron chi connectivity index (χ3n) is 9.80. The molecule has 3 aliphatic carbocycles. The molecule has 0 radical (unpaired) electrons. The molecule has 3 saturated carbocycles. The van der Waals surface area contributed by atoms with Crippen LogP contribution in [0.1, 0.15) is 86.6 Å². The lowest BCUT2D eigenvalue weighted by molar-refractivity contribution is -0.185. The van der Waals surface area contributed by atoms with Crippen molar-refractivity contribution in [3.8, 4) is 0 Å². The summed E-state index contributed by atoms with van der Waals surface area (Å²) in [5, 5.41) is 19.0. The Kier molecular flexibility index (Phi) is 10.7. The first kappa shape index (κ1) is 34.3. The molecule has 5 rings (SSSR count). The van der Waals surface area contributed by atoms with Gasteiger partial charge >= 0.3 is 13.2 Å². The molecule has 1 aromatic rings. The second-order valence-corrected chi connectivity index (χ2v) is 14.8. The van der Waals surface area contributed by atoms with Crippen LogP contribution in [0.5, 0.6) is 0 Å². The molecule has 0 unspecified atom stereocenters. The lowest BCUT2D eigenvalue weighted by atomic mass is 9.45. The Hall–Kier alpha value is -2.63. The largest absolute Gasteiger partial charge is 0.481 e. The zero-order chi connectivity index (χ0) is 32.4. The molecule has 4 aliphatic rings. The Morgan fingerprint density at radius 1 is 0.977 bits per heavy atom. The summed E-state index contributed by atoms with van der Waals surface area (Å²) in [6, 6.07) is 7.03. The summed E-state index contributed by atoms with van der Waals surface area (Å²) in [5.41, 5.74) is 0.616. The molecule has 1 aliphatic heterocycles. The second kappa shape index (κ2) is 13.8. The smallest absolute Gasteiger partial charge is 0.445 e. The Bertz CT molecular complexity index is 1160. The van der Waals surface area contributed by atoms with Gasteiger partial charge in [-0.15, -0.1) is 0 Å². The SMILES string of the molecule is CC(C)C[C@H](NC(=O)[C@@H](NC(=O)[C@H](CC(C)C)NC(=O)OCc1ccccc1)[C@@H](C)O)B1O[C@@H]2[C@@H]3C[C@H](C[C@@]2(C)O1)C3(C)C. The van der Waals surface area contributed by atoms with Crippen LogP contribution in [0, 0.1) is 29.1 Å². The van der Waals surface area contributed by atoms with E-state index in [-0.39, 0.29) is 30.0 Å². The van der Waals surface area contributed by atoms with Gasteiger partial charge in [-0.1, -0.05) is 71.9 Å². The summed E-state index contributed by atoms with van der Waals surface area (Å²) in [7, 11) is -0.633. The van der Waals surface area contributed by atoms with E-state index in [9.17, 15) is 19.5 Å². The molecule has 8 atom stereocenters. The van der Waals surface area contributed by atoms with Crippen molar-refractivity contribution in [2.24, 2.45) is 29.1 Å². The van der Waals surface area contributed by atoms with E-state index >= 15 is 0 Å². The van der Waals surface area contributed by atoms with Crippen molar-refractivity contribution in [2.45, 2.75) is 124 Å². The number of carbonyl (C=O) groups excluding carboxylic acids is 3. The summed E-state index contributed by atoms with van der Waals surface area (Å²) in [6.45, 7) is 16.2. The molecule has 2 bridgehead atoms. The minimum absolute atomic E-state index is 0.0455. The quantitative estimate of drug-likeness (QED) is 0.247. The van der Waals surface area contributed by atoms with Gasteiger partial charge in [0.2, 0.25) is 11.8 Å². The fourth-order valence-corrected chi connectivity index (χ4v) is 7.20. The molecule has 1 aromatic carbocycles. The fraction of sp³-hybridized carbons (Fsp3) is 0.727. The van der Waals surface area contributed by atoms with Gasteiger partial charge in [0.05, 0.1) is 23.8 Å². The second-order valence-electron chi connectivity index (χ2n) is 14.8. The minimum atomic E-state index is -1.25. The number of aliphatic hydroxyl groups is 1. The fourth-order valence-electron chi connectivity index (χ4n) is 7.20. The number of rotatable bonds is 13. The van der Waals surface area contributed by atoms with Gasteiger partial charge in [0.1, 0.15) is 18.7 Å². The van der Waals surface area contributed by atoms with Crippen LogP contribution >= 0.6 is 0 Å². The van der Waals surface area contributed by atoms with Gasteiger partial charge in [0, 0.05) is 0 Å². The van der Waals surface area contributed by atoms with E-state index < -0.39 is 54.8 Å². The van der Waals surface area contributed by atoms with Crippen molar-refractivity contribution < 1.29 is 33.5 Å². The third-order valence-corrected chi connectivity index (χ3v) is 9.80. The van der Waals surface area contributed by atoms with E-state index in [0.717, 1.165) is 18.4 Å². The summed E-state index contributed by atoms with van der Waals surface area (Å²) < 4.78 is 18.5. The molecule has 10 nitrogen and oxygen atoms in total. The first-order valence-electron chi connectivity index (χ1n) is 16.2. The summed E-state index contributed by atoms with van der Waals surface area (Å²) >= 11 is 0. The number of amides is 3. The van der Waals surface area contributed by atoms with Gasteiger partial charge in [-0.3, -0.25) is 9.59 Å². The standard InChI is InChI=1S/C33H52BN3O7/c1-19(2)14-25(35-31(41)42-18-22-12-10-9-11-13-22)29(39)37-27(21(5)38)30(40)36-26(15-20(3)4)34-43-28-24-16-23(32(24,6)7)17-33(28,8)44-34/h9-13,19-21,23-28,38H,14-18H2,1-8H3,(H,35,41)(H,36,40)(H,37,39)/t21-,23-,24+,25+,26+,27+,28-,33-/m1/s1. The Balaban J connectivity index is 1.41. The molecule has 0 aromatic heterocycles. The van der Waals surface area contributed by atoms with Gasteiger partial charge < -0.3 is 35.1 Å². The molecule has 4 N–H and O–H groups in total. The van der Waals surface area contributed by atoms with Crippen LogP contribution in [0.3, 0.4) is 0 Å². The predicted molar refractivity (Wildman–Crippen MR) is 168 cm³/mol. The lowest BCUT2D eigenvalue weighted by Gasteiger charge is -2.63. The van der Waals surface area contributed by atoms with Crippen LogP contribution in [-0.4, -0.2) is 66.0 Å². The van der Waals surface area contributed by atoms with E-state index in [0.29, 0.717) is 24.7 Å². The Morgan fingerprint density at radius 3 is 2.23 bits per heavy atom. The van der Waals surface area contributed by atoms with Gasteiger partial charge in [-0.25, -0.2) is 4.79 Å². The van der Waals surface area contributed by atoms with Gasteiger partial charge in [-0.2, -0.15) is 0 Å². The maximum absolute atomic E-state index is 13.7. The van der Waals surface area contributed by atoms with Gasteiger partial charge in [0.15, 0.2) is 0 Å². The zero-order valence-corrected chi connectivity index (χ0v) is 27.6. The van der Waals surface area contributed by atoms with Crippen molar-refractivity contribution in [1.82, 2.24) is 16.0 Å². The topological polar surface area (TPSA) is 135 Å². The predicted octanol–water partition coefficient (Wildman–Crippen LogP) is 3.99. The monoisotopic (exact) mass is 613 g/mol. The number of hydrogen-bond acceptors (Lipinski definition) is 7. The first-order valence-corrected chi connectivity index (χ1v) is 16.2. The van der Waals surface area contributed by atoms with Crippen LogP contribution in [0.25, 0.3) is 0 Å². The number of hydrogen-bond donors (Lipinski definition) is 4. The van der Waals surface area contributed by atoms with E-state index in [2.05, 4.69) is 50.6 Å². The van der Waals surface area contributed by atoms with Gasteiger partial charge in [0.25, 0.3) is 0 Å². The highest BCUT2D eigenvalue weighted by atomic mass is 16.7. The zero-order valence-electron chi connectivity index (χ0n) is 27.6. The van der Waals surface area contributed by atoms with Crippen LogP contribution in [-0.2, 0) is 30.2 Å². The van der Waals surface area contributed by atoms with Crippen LogP contribution in [0.2, 0.25) is 0 Å². The molecular weight excluding hydrogens is 561 g/mol. The number of carbonyl (C=O) groups is 3. The number of aliphatic hydroxyl groups excluding tert-OH is 1. The van der Waals surface area contributed by atoms with E-state index in [1.807, 2.05) is 44.2 Å². The summed E-state index contributed by atoms with van der Waals surface area (Å²) in [5.74, 6) is -0.299. The molecule has 44 heavy (non-hydrogen) atoms. The van der Waals surface area contributed by atoms with Crippen LogP contribution in [0.15, 0.2) is 30.3 Å². The Labute approximate surface area is 262 Å². The molecular formula is C33H52BN3O7. The lowest BCUT2D eigenvalue weighted by Crippen LogP contribution is -2.63. The van der Waals surface area contributed by atoms with Gasteiger partial charge in [-0.05, 0) is 74.2 Å². The summed E-state index contributed by atoms with van der Waals surface area (Å²) in [6.07, 6.45) is 0.992. The number of benzene rings is 1. The van der Waals surface area contributed by atoms with Crippen LogP contribution in [0.4, 0.5) is 4.79 Å². The highest BCUT2D eigenvalue weighted by Gasteiger charge is 2.67. The maximum Gasteiger partial charge on any atom is 0.481 e. The number of alkyl carbamates (subject to hydrolysis) is 1. The molecule has 3 amide bonds. The van der Waals surface area contributed by atoms with Crippen molar-refractivity contribution >= 4 is 25.0 Å². The molecule has 4 fully saturated rings. The number of nitrogens with one attached hydrogen (secondary N) is 3. The molecule has 1 saturated heterocycles. The molecule has 244 valence electrons. The first-order chi connectivity index (χ1) is 20.6. The minimum Gasteiger partial charge on any atom is -0.445 e.